The lowest BCUT2D eigenvalue weighted by atomic mass is 10.1. The number of ether oxygens (including phenoxy) is 2. The van der Waals surface area contributed by atoms with Crippen LogP contribution in [0.15, 0.2) is 24.3 Å². The van der Waals surface area contributed by atoms with Crippen LogP contribution in [0.4, 0.5) is 10.5 Å². The lowest BCUT2D eigenvalue weighted by Crippen LogP contribution is -2.13. The summed E-state index contributed by atoms with van der Waals surface area (Å²) in [5.74, 6) is 0.613. The Morgan fingerprint density at radius 1 is 1.42 bits per heavy atom. The van der Waals surface area contributed by atoms with Gasteiger partial charge in [0, 0.05) is 12.1 Å². The molecule has 19 heavy (non-hydrogen) atoms. The maximum absolute atomic E-state index is 11.4. The van der Waals surface area contributed by atoms with E-state index in [1.165, 1.54) is 24.3 Å². The Hall–Kier alpha value is -2.11. The average Bonchev–Trinajstić information content (AvgIpc) is 2.95. The van der Waals surface area contributed by atoms with E-state index in [1.54, 1.807) is 0 Å². The van der Waals surface area contributed by atoms with Gasteiger partial charge in [0.2, 0.25) is 0 Å². The quantitative estimate of drug-likeness (QED) is 0.361. The highest BCUT2D eigenvalue weighted by atomic mass is 16.7. The molecule has 1 aliphatic rings. The summed E-state index contributed by atoms with van der Waals surface area (Å²) in [5.41, 5.74) is 0.189. The normalized spacial score (nSPS) is 19.6. The number of rotatable bonds is 4. The van der Waals surface area contributed by atoms with E-state index in [9.17, 15) is 14.9 Å². The summed E-state index contributed by atoms with van der Waals surface area (Å²) in [6.45, 7) is 4.57. The van der Waals surface area contributed by atoms with Crippen LogP contribution < -0.4 is 4.74 Å². The van der Waals surface area contributed by atoms with Gasteiger partial charge in [0.05, 0.1) is 11.5 Å². The molecule has 6 nitrogen and oxygen atoms in total. The number of nitrogens with zero attached hydrogens (tertiary/aromatic N) is 1. The molecule has 1 aromatic rings. The van der Waals surface area contributed by atoms with Gasteiger partial charge in [-0.3, -0.25) is 10.1 Å². The van der Waals surface area contributed by atoms with Gasteiger partial charge >= 0.3 is 6.16 Å². The van der Waals surface area contributed by atoms with E-state index < -0.39 is 11.1 Å². The van der Waals surface area contributed by atoms with Crippen molar-refractivity contribution in [2.75, 3.05) is 6.61 Å². The monoisotopic (exact) mass is 265 g/mol. The molecule has 0 saturated heterocycles. The molecule has 1 aliphatic carbocycles. The number of non-ortho nitro benzene ring substituents is 1. The van der Waals surface area contributed by atoms with Crippen molar-refractivity contribution in [2.45, 2.75) is 20.3 Å². The van der Waals surface area contributed by atoms with Gasteiger partial charge in [0.25, 0.3) is 5.69 Å². The van der Waals surface area contributed by atoms with Gasteiger partial charge in [0.1, 0.15) is 5.75 Å². The maximum Gasteiger partial charge on any atom is 0.513 e. The van der Waals surface area contributed by atoms with Gasteiger partial charge < -0.3 is 9.47 Å². The molecule has 0 bridgehead atoms. The molecule has 0 spiro atoms. The van der Waals surface area contributed by atoms with Crippen molar-refractivity contribution in [3.8, 4) is 5.75 Å². The molecule has 0 amide bonds. The molecule has 0 radical (unpaired) electrons. The van der Waals surface area contributed by atoms with Crippen molar-refractivity contribution in [2.24, 2.45) is 11.3 Å². The highest BCUT2D eigenvalue weighted by Crippen LogP contribution is 2.51. The summed E-state index contributed by atoms with van der Waals surface area (Å²) in [7, 11) is 0. The van der Waals surface area contributed by atoms with Crippen LogP contribution in [-0.4, -0.2) is 17.7 Å². The first-order valence-electron chi connectivity index (χ1n) is 5.97. The minimum absolute atomic E-state index is 0.0551. The molecule has 0 heterocycles. The Bertz CT molecular complexity index is 494. The van der Waals surface area contributed by atoms with E-state index in [-0.39, 0.29) is 16.9 Å². The Labute approximate surface area is 110 Å². The molecule has 1 aromatic carbocycles. The minimum Gasteiger partial charge on any atom is -0.434 e. The Morgan fingerprint density at radius 2 is 2.00 bits per heavy atom. The minimum atomic E-state index is -0.781. The SMILES string of the molecule is CC1(C)CC1COC(=O)Oc1ccc([N+](=O)[O-])cc1. The Balaban J connectivity index is 1.80. The fourth-order valence-corrected chi connectivity index (χ4v) is 1.79. The van der Waals surface area contributed by atoms with E-state index >= 15 is 0 Å². The van der Waals surface area contributed by atoms with Crippen LogP contribution in [0, 0.1) is 21.4 Å². The maximum atomic E-state index is 11.4. The van der Waals surface area contributed by atoms with Gasteiger partial charge in [-0.15, -0.1) is 0 Å². The number of benzene rings is 1. The number of nitro benzene ring substituents is 1. The molecule has 102 valence electrons. The molecule has 1 unspecified atom stereocenters. The van der Waals surface area contributed by atoms with Gasteiger partial charge in [-0.1, -0.05) is 13.8 Å². The van der Waals surface area contributed by atoms with Crippen LogP contribution in [0.5, 0.6) is 5.75 Å². The zero-order valence-electron chi connectivity index (χ0n) is 10.8. The third-order valence-corrected chi connectivity index (χ3v) is 3.37. The van der Waals surface area contributed by atoms with Gasteiger partial charge in [-0.25, -0.2) is 4.79 Å². The molecule has 1 atom stereocenters. The average molecular weight is 265 g/mol. The van der Waals surface area contributed by atoms with Crippen molar-refractivity contribution in [3.05, 3.63) is 34.4 Å². The first-order valence-corrected chi connectivity index (χ1v) is 5.97. The first-order chi connectivity index (χ1) is 8.88. The molecule has 0 N–H and O–H groups in total. The smallest absolute Gasteiger partial charge is 0.434 e. The third-order valence-electron chi connectivity index (χ3n) is 3.37. The number of carbonyl (C=O) groups is 1. The molecule has 0 aromatic heterocycles. The molecule has 0 aliphatic heterocycles. The summed E-state index contributed by atoms with van der Waals surface area (Å²) < 4.78 is 9.90. The lowest BCUT2D eigenvalue weighted by molar-refractivity contribution is -0.384. The van der Waals surface area contributed by atoms with Crippen LogP contribution in [-0.2, 0) is 4.74 Å². The van der Waals surface area contributed by atoms with E-state index in [2.05, 4.69) is 13.8 Å². The van der Waals surface area contributed by atoms with Crippen LogP contribution in [0.25, 0.3) is 0 Å². The summed E-state index contributed by atoms with van der Waals surface area (Å²) >= 11 is 0. The van der Waals surface area contributed by atoms with Crippen molar-refractivity contribution < 1.29 is 19.2 Å². The van der Waals surface area contributed by atoms with E-state index in [1.807, 2.05) is 0 Å². The van der Waals surface area contributed by atoms with Crippen molar-refractivity contribution in [1.29, 1.82) is 0 Å². The predicted octanol–water partition coefficient (Wildman–Crippen LogP) is 3.16. The van der Waals surface area contributed by atoms with Gasteiger partial charge in [0.15, 0.2) is 0 Å². The fraction of sp³-hybridized carbons (Fsp3) is 0.462. The molecule has 2 rings (SSSR count). The number of hydrogen-bond donors (Lipinski definition) is 0. The predicted molar refractivity (Wildman–Crippen MR) is 67.0 cm³/mol. The van der Waals surface area contributed by atoms with Crippen molar-refractivity contribution in [1.82, 2.24) is 0 Å². The molecule has 6 heteroatoms. The number of carbonyl (C=O) groups excluding carboxylic acids is 1. The highest BCUT2D eigenvalue weighted by molar-refractivity contribution is 5.64. The van der Waals surface area contributed by atoms with Gasteiger partial charge in [-0.05, 0) is 29.9 Å². The lowest BCUT2D eigenvalue weighted by Gasteiger charge is -2.06. The van der Waals surface area contributed by atoms with Crippen LogP contribution in [0.1, 0.15) is 20.3 Å². The van der Waals surface area contributed by atoms with Gasteiger partial charge in [-0.2, -0.15) is 0 Å². The summed E-state index contributed by atoms with van der Waals surface area (Å²) in [5, 5.41) is 10.5. The standard InChI is InChI=1S/C13H15NO5/c1-13(2)7-9(13)8-18-12(15)19-11-5-3-10(4-6-11)14(16)17/h3-6,9H,7-8H2,1-2H3. The number of nitro groups is 1. The number of hydrogen-bond acceptors (Lipinski definition) is 5. The second-order valence-electron chi connectivity index (χ2n) is 5.30. The Kier molecular flexibility index (Phi) is 3.42. The highest BCUT2D eigenvalue weighted by Gasteiger charge is 2.46. The zero-order chi connectivity index (χ0) is 14.0. The van der Waals surface area contributed by atoms with Crippen molar-refractivity contribution >= 4 is 11.8 Å². The largest absolute Gasteiger partial charge is 0.513 e. The van der Waals surface area contributed by atoms with Crippen LogP contribution >= 0.6 is 0 Å². The topological polar surface area (TPSA) is 78.7 Å². The summed E-state index contributed by atoms with van der Waals surface area (Å²) in [4.78, 5) is 21.3. The van der Waals surface area contributed by atoms with Crippen LogP contribution in [0.3, 0.4) is 0 Å². The second kappa shape index (κ2) is 4.87. The fourth-order valence-electron chi connectivity index (χ4n) is 1.79. The molecule has 1 saturated carbocycles. The van der Waals surface area contributed by atoms with Crippen molar-refractivity contribution in [3.63, 3.8) is 0 Å². The summed E-state index contributed by atoms with van der Waals surface area (Å²) in [6, 6.07) is 5.26. The Morgan fingerprint density at radius 3 is 2.47 bits per heavy atom. The first kappa shape index (κ1) is 13.3. The second-order valence-corrected chi connectivity index (χ2v) is 5.30. The summed E-state index contributed by atoms with van der Waals surface area (Å²) in [6.07, 6.45) is 0.259. The van der Waals surface area contributed by atoms with E-state index in [0.717, 1.165) is 6.42 Å². The third kappa shape index (κ3) is 3.43. The van der Waals surface area contributed by atoms with E-state index in [4.69, 9.17) is 9.47 Å². The van der Waals surface area contributed by atoms with Crippen LogP contribution in [0.2, 0.25) is 0 Å². The zero-order valence-corrected chi connectivity index (χ0v) is 10.8. The van der Waals surface area contributed by atoms with E-state index in [0.29, 0.717) is 12.5 Å². The molecular weight excluding hydrogens is 250 g/mol. The molecule has 1 fully saturated rings. The molecular formula is C13H15NO5.